The lowest BCUT2D eigenvalue weighted by Crippen LogP contribution is -2.29. The van der Waals surface area contributed by atoms with Gasteiger partial charge in [-0.1, -0.05) is 35.5 Å². The van der Waals surface area contributed by atoms with Gasteiger partial charge in [0, 0.05) is 19.0 Å². The number of carbonyl (C=O) groups excluding carboxylic acids is 1. The van der Waals surface area contributed by atoms with Crippen molar-refractivity contribution in [3.8, 4) is 0 Å². The summed E-state index contributed by atoms with van der Waals surface area (Å²) >= 11 is 0. The molecule has 5 heteroatoms. The number of nitrogens with zero attached hydrogens (tertiary/aromatic N) is 1. The van der Waals surface area contributed by atoms with E-state index < -0.39 is 0 Å². The Morgan fingerprint density at radius 2 is 2.29 bits per heavy atom. The van der Waals surface area contributed by atoms with Crippen LogP contribution in [0.15, 0.2) is 40.9 Å². The molecule has 108 valence electrons. The summed E-state index contributed by atoms with van der Waals surface area (Å²) in [5, 5.41) is 10.1. The van der Waals surface area contributed by atoms with Gasteiger partial charge in [-0.15, -0.1) is 0 Å². The lowest BCUT2D eigenvalue weighted by atomic mass is 10.1. The SMILES string of the molecule is O=C(Nc1cc(Cc2ccccc2)no1)C12CNCC1C2. The van der Waals surface area contributed by atoms with Gasteiger partial charge in [0.15, 0.2) is 0 Å². The van der Waals surface area contributed by atoms with E-state index in [-0.39, 0.29) is 11.3 Å². The summed E-state index contributed by atoms with van der Waals surface area (Å²) in [5.41, 5.74) is 1.79. The van der Waals surface area contributed by atoms with Gasteiger partial charge in [0.05, 0.1) is 11.1 Å². The van der Waals surface area contributed by atoms with E-state index in [0.717, 1.165) is 25.2 Å². The molecule has 0 bridgehead atoms. The molecule has 1 amide bonds. The third kappa shape index (κ3) is 2.23. The van der Waals surface area contributed by atoms with Crippen LogP contribution >= 0.6 is 0 Å². The molecule has 4 rings (SSSR count). The van der Waals surface area contributed by atoms with Crippen LogP contribution in [0.2, 0.25) is 0 Å². The second kappa shape index (κ2) is 4.70. The van der Waals surface area contributed by atoms with Gasteiger partial charge in [-0.05, 0) is 24.4 Å². The smallest absolute Gasteiger partial charge is 0.234 e. The zero-order valence-corrected chi connectivity index (χ0v) is 11.6. The normalized spacial score (nSPS) is 26.4. The standard InChI is InChI=1S/C16H17N3O2/c20-15(16-8-12(16)9-17-10-16)18-14-7-13(19-21-14)6-11-4-2-1-3-5-11/h1-5,7,12,17H,6,8-10H2,(H,18,20). The molecule has 21 heavy (non-hydrogen) atoms. The van der Waals surface area contributed by atoms with Crippen molar-refractivity contribution >= 4 is 11.8 Å². The Hall–Kier alpha value is -2.14. The van der Waals surface area contributed by atoms with Crippen LogP contribution in [0.3, 0.4) is 0 Å². The number of carbonyl (C=O) groups is 1. The molecular formula is C16H17N3O2. The minimum Gasteiger partial charge on any atom is -0.338 e. The van der Waals surface area contributed by atoms with Gasteiger partial charge < -0.3 is 9.84 Å². The first kappa shape index (κ1) is 12.6. The Morgan fingerprint density at radius 1 is 1.43 bits per heavy atom. The number of anilines is 1. The Balaban J connectivity index is 1.42. The van der Waals surface area contributed by atoms with Crippen LogP contribution in [0, 0.1) is 11.3 Å². The summed E-state index contributed by atoms with van der Waals surface area (Å²) in [7, 11) is 0. The minimum absolute atomic E-state index is 0.0555. The molecule has 2 aromatic rings. The Bertz CT molecular complexity index is 667. The van der Waals surface area contributed by atoms with Crippen molar-refractivity contribution in [2.24, 2.45) is 11.3 Å². The van der Waals surface area contributed by atoms with E-state index in [2.05, 4.69) is 15.8 Å². The predicted octanol–water partition coefficient (Wildman–Crippen LogP) is 1.81. The molecule has 1 saturated carbocycles. The molecule has 1 aliphatic carbocycles. The number of benzene rings is 1. The average molecular weight is 283 g/mol. The summed E-state index contributed by atoms with van der Waals surface area (Å²) in [4.78, 5) is 12.3. The third-order valence-corrected chi connectivity index (χ3v) is 4.54. The zero-order valence-electron chi connectivity index (χ0n) is 11.6. The topological polar surface area (TPSA) is 67.2 Å². The van der Waals surface area contributed by atoms with Gasteiger partial charge in [0.1, 0.15) is 0 Å². The lowest BCUT2D eigenvalue weighted by molar-refractivity contribution is -0.121. The first-order chi connectivity index (χ1) is 10.3. The number of nitrogens with one attached hydrogen (secondary N) is 2. The van der Waals surface area contributed by atoms with Crippen LogP contribution in [0.25, 0.3) is 0 Å². The van der Waals surface area contributed by atoms with Gasteiger partial charge in [-0.2, -0.15) is 0 Å². The van der Waals surface area contributed by atoms with Gasteiger partial charge in [-0.25, -0.2) is 0 Å². The monoisotopic (exact) mass is 283 g/mol. The summed E-state index contributed by atoms with van der Waals surface area (Å²) < 4.78 is 5.23. The quantitative estimate of drug-likeness (QED) is 0.898. The van der Waals surface area contributed by atoms with E-state index in [0.29, 0.717) is 18.2 Å². The van der Waals surface area contributed by atoms with E-state index in [4.69, 9.17) is 4.52 Å². The van der Waals surface area contributed by atoms with Gasteiger partial charge in [-0.3, -0.25) is 10.1 Å². The highest BCUT2D eigenvalue weighted by molar-refractivity contribution is 5.97. The maximum atomic E-state index is 12.3. The number of amides is 1. The van der Waals surface area contributed by atoms with Crippen LogP contribution in [0.4, 0.5) is 5.88 Å². The summed E-state index contributed by atoms with van der Waals surface area (Å²) in [5.74, 6) is 0.988. The van der Waals surface area contributed by atoms with E-state index >= 15 is 0 Å². The fraction of sp³-hybridized carbons (Fsp3) is 0.375. The highest BCUT2D eigenvalue weighted by Crippen LogP contribution is 2.55. The summed E-state index contributed by atoms with van der Waals surface area (Å²) in [6, 6.07) is 11.9. The number of aromatic nitrogens is 1. The summed E-state index contributed by atoms with van der Waals surface area (Å²) in [6.45, 7) is 1.72. The van der Waals surface area contributed by atoms with Gasteiger partial charge in [0.25, 0.3) is 0 Å². The molecule has 0 radical (unpaired) electrons. The zero-order chi connectivity index (χ0) is 14.3. The molecule has 1 saturated heterocycles. The van der Waals surface area contributed by atoms with Crippen molar-refractivity contribution in [2.75, 3.05) is 18.4 Å². The molecule has 2 fully saturated rings. The van der Waals surface area contributed by atoms with E-state index in [1.54, 1.807) is 6.07 Å². The number of fused-ring (bicyclic) bond motifs is 1. The molecule has 2 atom stereocenters. The molecule has 1 aromatic carbocycles. The van der Waals surface area contributed by atoms with Crippen molar-refractivity contribution in [3.05, 3.63) is 47.7 Å². The highest BCUT2D eigenvalue weighted by Gasteiger charge is 2.62. The second-order valence-corrected chi connectivity index (χ2v) is 5.99. The van der Waals surface area contributed by atoms with Gasteiger partial charge in [0.2, 0.25) is 11.8 Å². The summed E-state index contributed by atoms with van der Waals surface area (Å²) in [6.07, 6.45) is 1.69. The van der Waals surface area contributed by atoms with Crippen molar-refractivity contribution in [1.29, 1.82) is 0 Å². The Kier molecular flexibility index (Phi) is 2.82. The molecular weight excluding hydrogens is 266 g/mol. The molecule has 2 aliphatic rings. The number of piperidine rings is 1. The second-order valence-electron chi connectivity index (χ2n) is 5.99. The number of hydrogen-bond acceptors (Lipinski definition) is 4. The van der Waals surface area contributed by atoms with Crippen molar-refractivity contribution < 1.29 is 9.32 Å². The van der Waals surface area contributed by atoms with Crippen LogP contribution in [-0.4, -0.2) is 24.2 Å². The molecule has 1 aliphatic heterocycles. The predicted molar refractivity (Wildman–Crippen MR) is 77.8 cm³/mol. The number of rotatable bonds is 4. The minimum atomic E-state index is -0.202. The largest absolute Gasteiger partial charge is 0.338 e. The fourth-order valence-electron chi connectivity index (χ4n) is 3.19. The van der Waals surface area contributed by atoms with Crippen LogP contribution < -0.4 is 10.6 Å². The van der Waals surface area contributed by atoms with Crippen molar-refractivity contribution in [2.45, 2.75) is 12.8 Å². The van der Waals surface area contributed by atoms with E-state index in [1.165, 1.54) is 5.56 Å². The molecule has 0 spiro atoms. The first-order valence-electron chi connectivity index (χ1n) is 7.28. The van der Waals surface area contributed by atoms with Crippen LogP contribution in [-0.2, 0) is 11.2 Å². The van der Waals surface area contributed by atoms with Crippen LogP contribution in [0.1, 0.15) is 17.7 Å². The van der Waals surface area contributed by atoms with E-state index in [1.807, 2.05) is 30.3 Å². The molecule has 2 unspecified atom stereocenters. The number of hydrogen-bond donors (Lipinski definition) is 2. The van der Waals surface area contributed by atoms with Crippen molar-refractivity contribution in [1.82, 2.24) is 10.5 Å². The average Bonchev–Trinajstić information content (AvgIpc) is 2.84. The third-order valence-electron chi connectivity index (χ3n) is 4.54. The molecule has 1 aromatic heterocycles. The lowest BCUT2D eigenvalue weighted by Gasteiger charge is -2.09. The highest BCUT2D eigenvalue weighted by atomic mass is 16.5. The fourth-order valence-corrected chi connectivity index (χ4v) is 3.19. The first-order valence-corrected chi connectivity index (χ1v) is 7.28. The molecule has 5 nitrogen and oxygen atoms in total. The van der Waals surface area contributed by atoms with E-state index in [9.17, 15) is 4.79 Å². The van der Waals surface area contributed by atoms with Gasteiger partial charge >= 0.3 is 0 Å². The molecule has 2 heterocycles. The maximum absolute atomic E-state index is 12.3. The van der Waals surface area contributed by atoms with Crippen LogP contribution in [0.5, 0.6) is 0 Å². The van der Waals surface area contributed by atoms with Crippen molar-refractivity contribution in [3.63, 3.8) is 0 Å². The Morgan fingerprint density at radius 3 is 3.00 bits per heavy atom. The Labute approximate surface area is 122 Å². The maximum Gasteiger partial charge on any atom is 0.234 e. The molecule has 2 N–H and O–H groups in total.